The molecule has 0 saturated carbocycles. The number of esters is 1. The zero-order chi connectivity index (χ0) is 27.9. The molecule has 13 nitrogen and oxygen atoms in total. The Hall–Kier alpha value is -3.71. The summed E-state index contributed by atoms with van der Waals surface area (Å²) in [5.74, 6) is -7.35. The lowest BCUT2D eigenvalue weighted by Gasteiger charge is -2.30. The van der Waals surface area contributed by atoms with E-state index in [1.54, 1.807) is 6.07 Å². The second-order valence-corrected chi connectivity index (χ2v) is 9.78. The van der Waals surface area contributed by atoms with Crippen LogP contribution in [0.15, 0.2) is 30.3 Å². The van der Waals surface area contributed by atoms with Gasteiger partial charge in [-0.25, -0.2) is 29.0 Å². The molecule has 13 heteroatoms. The van der Waals surface area contributed by atoms with Crippen molar-refractivity contribution in [3.05, 3.63) is 35.9 Å². The van der Waals surface area contributed by atoms with Crippen LogP contribution in [0.2, 0.25) is 0 Å². The molecule has 2 atom stereocenters. The molecular formula is C24H30O13. The van der Waals surface area contributed by atoms with Crippen LogP contribution in [0.3, 0.4) is 0 Å². The van der Waals surface area contributed by atoms with E-state index in [0.29, 0.717) is 6.42 Å². The summed E-state index contributed by atoms with van der Waals surface area (Å²) in [7, 11) is 0. The van der Waals surface area contributed by atoms with Gasteiger partial charge < -0.3 is 23.7 Å². The predicted octanol–water partition coefficient (Wildman–Crippen LogP) is 3.79. The highest BCUT2D eigenvalue weighted by atomic mass is 17.2. The summed E-state index contributed by atoms with van der Waals surface area (Å²) < 4.78 is 30.1. The fourth-order valence-corrected chi connectivity index (χ4v) is 2.50. The summed E-state index contributed by atoms with van der Waals surface area (Å²) in [6, 6.07) is 7.43. The maximum atomic E-state index is 13.1. The van der Waals surface area contributed by atoms with Crippen molar-refractivity contribution in [2.75, 3.05) is 6.61 Å². The van der Waals surface area contributed by atoms with Crippen molar-refractivity contribution in [3.63, 3.8) is 0 Å². The fourth-order valence-electron chi connectivity index (χ4n) is 2.50. The van der Waals surface area contributed by atoms with Crippen LogP contribution in [0.25, 0.3) is 0 Å². The molecule has 0 bridgehead atoms. The molecule has 1 aliphatic heterocycles. The molecule has 1 saturated heterocycles. The van der Waals surface area contributed by atoms with Crippen LogP contribution in [-0.4, -0.2) is 54.7 Å². The van der Waals surface area contributed by atoms with Crippen molar-refractivity contribution < 1.29 is 62.2 Å². The van der Waals surface area contributed by atoms with Crippen LogP contribution in [0, 0.1) is 5.41 Å². The first-order valence-electron chi connectivity index (χ1n) is 11.3. The molecular weight excluding hydrogens is 496 g/mol. The average molecular weight is 526 g/mol. The zero-order valence-corrected chi connectivity index (χ0v) is 21.4. The molecule has 1 aliphatic rings. The summed E-state index contributed by atoms with van der Waals surface area (Å²) in [6.07, 6.45) is -3.88. The Morgan fingerprint density at radius 3 is 1.97 bits per heavy atom. The number of rotatable bonds is 6. The van der Waals surface area contributed by atoms with Gasteiger partial charge >= 0.3 is 36.2 Å². The van der Waals surface area contributed by atoms with Crippen LogP contribution >= 0.6 is 0 Å². The van der Waals surface area contributed by atoms with E-state index >= 15 is 0 Å². The topological polar surface area (TPSA) is 159 Å². The van der Waals surface area contributed by atoms with E-state index in [2.05, 4.69) is 14.5 Å². The zero-order valence-electron chi connectivity index (χ0n) is 21.4. The molecule has 2 unspecified atom stereocenters. The van der Waals surface area contributed by atoms with Gasteiger partial charge in [0.1, 0.15) is 5.60 Å². The number of hydrogen-bond donors (Lipinski definition) is 0. The third kappa shape index (κ3) is 9.35. The van der Waals surface area contributed by atoms with E-state index in [9.17, 15) is 24.0 Å². The average Bonchev–Trinajstić information content (AvgIpc) is 3.28. The highest BCUT2D eigenvalue weighted by Gasteiger charge is 2.57. The molecule has 0 radical (unpaired) electrons. The molecule has 0 aromatic heterocycles. The Bertz CT molecular complexity index is 984. The van der Waals surface area contributed by atoms with Gasteiger partial charge in [-0.05, 0) is 60.1 Å². The minimum absolute atomic E-state index is 0.00473. The van der Waals surface area contributed by atoms with Crippen molar-refractivity contribution in [2.45, 2.75) is 72.2 Å². The van der Waals surface area contributed by atoms with Crippen molar-refractivity contribution in [2.24, 2.45) is 5.41 Å². The molecule has 1 aromatic carbocycles. The van der Waals surface area contributed by atoms with E-state index in [1.165, 1.54) is 65.8 Å². The van der Waals surface area contributed by atoms with Crippen LogP contribution in [0.5, 0.6) is 0 Å². The number of benzene rings is 1. The quantitative estimate of drug-likeness (QED) is 0.173. The molecule has 0 N–H and O–H groups in total. The molecule has 0 amide bonds. The standard InChI is InChI=1S/C24H30O13/c1-22(2,3)18(26)31-20(28)34-24(32-16-13-10-14-30-16,35-21(29)33-23(4,5)6)19(27)37-36-17(25)15-11-8-7-9-12-15/h7-9,11-12,16H,10,13-14H2,1-6H3. The van der Waals surface area contributed by atoms with Gasteiger partial charge in [-0.1, -0.05) is 18.2 Å². The van der Waals surface area contributed by atoms with Gasteiger partial charge in [0.2, 0.25) is 0 Å². The van der Waals surface area contributed by atoms with E-state index in [4.69, 9.17) is 23.7 Å². The van der Waals surface area contributed by atoms with E-state index in [0.717, 1.165) is 0 Å². The van der Waals surface area contributed by atoms with Crippen LogP contribution < -0.4 is 0 Å². The van der Waals surface area contributed by atoms with E-state index in [1.807, 2.05) is 0 Å². The van der Waals surface area contributed by atoms with E-state index in [-0.39, 0.29) is 18.6 Å². The molecule has 204 valence electrons. The van der Waals surface area contributed by atoms with Crippen molar-refractivity contribution >= 4 is 30.2 Å². The van der Waals surface area contributed by atoms with Gasteiger partial charge in [0, 0.05) is 13.0 Å². The molecule has 0 aliphatic carbocycles. The maximum absolute atomic E-state index is 13.1. The Morgan fingerprint density at radius 1 is 0.811 bits per heavy atom. The second-order valence-electron chi connectivity index (χ2n) is 9.78. The molecule has 37 heavy (non-hydrogen) atoms. The Balaban J connectivity index is 2.35. The van der Waals surface area contributed by atoms with Crippen LogP contribution in [-0.2, 0) is 47.8 Å². The normalized spacial score (nSPS) is 17.1. The third-order valence-electron chi connectivity index (χ3n) is 4.24. The van der Waals surface area contributed by atoms with Gasteiger partial charge in [0.25, 0.3) is 0 Å². The molecule has 1 heterocycles. The summed E-state index contributed by atoms with van der Waals surface area (Å²) in [4.78, 5) is 71.5. The monoisotopic (exact) mass is 526 g/mol. The largest absolute Gasteiger partial charge is 0.521 e. The minimum atomic E-state index is -3.39. The molecule has 1 fully saturated rings. The highest BCUT2D eigenvalue weighted by Crippen LogP contribution is 2.28. The fraction of sp³-hybridized carbons (Fsp3) is 0.542. The summed E-state index contributed by atoms with van der Waals surface area (Å²) in [6.45, 7) is 9.04. The number of carbonyl (C=O) groups excluding carboxylic acids is 5. The lowest BCUT2D eigenvalue weighted by Crippen LogP contribution is -2.53. The molecule has 2 rings (SSSR count). The smallest absolute Gasteiger partial charge is 0.428 e. The summed E-state index contributed by atoms with van der Waals surface area (Å²) in [5, 5.41) is 0. The van der Waals surface area contributed by atoms with Crippen molar-refractivity contribution in [1.29, 1.82) is 0 Å². The first-order chi connectivity index (χ1) is 17.1. The first kappa shape index (κ1) is 29.5. The second kappa shape index (κ2) is 12.0. The SMILES string of the molecule is CC(C)(C)OC(=O)OC(OC(=O)OC(=O)C(C)(C)C)(OC1CCCO1)C(=O)OOC(=O)c1ccccc1. The predicted molar refractivity (Wildman–Crippen MR) is 120 cm³/mol. The van der Waals surface area contributed by atoms with Crippen molar-refractivity contribution in [3.8, 4) is 0 Å². The Kier molecular flexibility index (Phi) is 9.59. The van der Waals surface area contributed by atoms with Gasteiger partial charge in [0.15, 0.2) is 6.29 Å². The Morgan fingerprint density at radius 2 is 1.43 bits per heavy atom. The Labute approximate surface area is 213 Å². The van der Waals surface area contributed by atoms with Crippen LogP contribution in [0.4, 0.5) is 9.59 Å². The van der Waals surface area contributed by atoms with Crippen LogP contribution in [0.1, 0.15) is 64.7 Å². The lowest BCUT2D eigenvalue weighted by atomic mass is 9.98. The number of hydrogen-bond acceptors (Lipinski definition) is 13. The third-order valence-corrected chi connectivity index (χ3v) is 4.24. The first-order valence-corrected chi connectivity index (χ1v) is 11.3. The highest BCUT2D eigenvalue weighted by molar-refractivity contribution is 5.90. The van der Waals surface area contributed by atoms with Gasteiger partial charge in [-0.2, -0.15) is 0 Å². The van der Waals surface area contributed by atoms with Gasteiger partial charge in [0.05, 0.1) is 11.0 Å². The van der Waals surface area contributed by atoms with Gasteiger partial charge in [-0.3, -0.25) is 9.53 Å². The van der Waals surface area contributed by atoms with E-state index < -0.39 is 53.5 Å². The number of carbonyl (C=O) groups is 5. The van der Waals surface area contributed by atoms with Gasteiger partial charge in [-0.15, -0.1) is 0 Å². The maximum Gasteiger partial charge on any atom is 0.521 e. The molecule has 0 spiro atoms. The minimum Gasteiger partial charge on any atom is -0.428 e. The molecule has 1 aromatic rings. The summed E-state index contributed by atoms with van der Waals surface area (Å²) in [5.41, 5.74) is -2.25. The number of ether oxygens (including phenoxy) is 6. The summed E-state index contributed by atoms with van der Waals surface area (Å²) >= 11 is 0. The lowest BCUT2D eigenvalue weighted by molar-refractivity contribution is -0.381. The van der Waals surface area contributed by atoms with Crippen molar-refractivity contribution in [1.82, 2.24) is 0 Å².